The van der Waals surface area contributed by atoms with Crippen molar-refractivity contribution in [2.45, 2.75) is 178 Å². The molecular formula is C40H72O13P4. The van der Waals surface area contributed by atoms with E-state index in [0.717, 1.165) is 11.1 Å². The molecule has 0 heterocycles. The van der Waals surface area contributed by atoms with E-state index in [2.05, 4.69) is 0 Å². The molecule has 0 N–H and O–H groups in total. The van der Waals surface area contributed by atoms with E-state index in [1.165, 1.54) is 0 Å². The van der Waals surface area contributed by atoms with Crippen molar-refractivity contribution in [2.24, 2.45) is 0 Å². The second-order valence-electron chi connectivity index (χ2n) is 15.8. The van der Waals surface area contributed by atoms with Crippen molar-refractivity contribution in [3.05, 3.63) is 65.7 Å². The van der Waals surface area contributed by atoms with Gasteiger partial charge in [0.1, 0.15) is 12.4 Å². The van der Waals surface area contributed by atoms with E-state index in [1.54, 1.807) is 111 Å². The van der Waals surface area contributed by atoms with Crippen LogP contribution in [-0.2, 0) is 67.5 Å². The Hall–Kier alpha value is -1.16. The van der Waals surface area contributed by atoms with Gasteiger partial charge in [-0.1, -0.05) is 42.5 Å². The van der Waals surface area contributed by atoms with E-state index in [0.29, 0.717) is 12.4 Å². The minimum atomic E-state index is -3.95. The summed E-state index contributed by atoms with van der Waals surface area (Å²) in [6, 6.07) is 17.3. The Morgan fingerprint density at radius 1 is 0.404 bits per heavy atom. The first-order valence-electron chi connectivity index (χ1n) is 19.8. The largest absolute Gasteiger partial charge is 0.489 e. The van der Waals surface area contributed by atoms with Gasteiger partial charge in [-0.2, -0.15) is 0 Å². The standard InChI is InChI=1S/C27H42O7P2.C13H30O6P2/c1-20(2)31-35(28,32-21(3)4)27(36(29,33-22(5)6)34-23(7)8)18-24-14-16-26(17-15-24)30-19-25-12-10-9-11-13-25;1-10(2)16-20(14,17-11(3)4)9-21(15,18-12(5)6)19-13(7)8/h9-17,20-23,27H,18-19H2,1-8H3;10-13H,9H2,1-8H3. The zero-order valence-corrected chi connectivity index (χ0v) is 40.7. The molecule has 0 saturated heterocycles. The monoisotopic (exact) mass is 884 g/mol. The zero-order chi connectivity index (χ0) is 43.8. The Labute approximate surface area is 344 Å². The third-order valence-electron chi connectivity index (χ3n) is 6.58. The number of ether oxygens (including phenoxy) is 1. The highest BCUT2D eigenvalue weighted by Gasteiger charge is 2.53. The van der Waals surface area contributed by atoms with Crippen LogP contribution >= 0.6 is 30.4 Å². The summed E-state index contributed by atoms with van der Waals surface area (Å²) in [4.78, 5) is 0. The summed E-state index contributed by atoms with van der Waals surface area (Å²) in [7, 11) is -15.1. The first-order valence-corrected chi connectivity index (χ1v) is 26.5. The van der Waals surface area contributed by atoms with Crippen molar-refractivity contribution in [3.8, 4) is 5.75 Å². The first kappa shape index (κ1) is 53.9. The second-order valence-corrected chi connectivity index (χ2v) is 24.9. The van der Waals surface area contributed by atoms with Gasteiger partial charge in [0.2, 0.25) is 0 Å². The highest BCUT2D eigenvalue weighted by Crippen LogP contribution is 2.72. The van der Waals surface area contributed by atoms with Gasteiger partial charge in [-0.25, -0.2) is 0 Å². The van der Waals surface area contributed by atoms with Crippen LogP contribution in [0.4, 0.5) is 0 Å². The predicted octanol–water partition coefficient (Wildman–Crippen LogP) is 13.3. The fourth-order valence-electron chi connectivity index (χ4n) is 5.26. The summed E-state index contributed by atoms with van der Waals surface area (Å²) < 4.78 is 105. The molecule has 0 fully saturated rings. The van der Waals surface area contributed by atoms with E-state index >= 15 is 0 Å². The topological polar surface area (TPSA) is 151 Å². The number of hydrogen-bond acceptors (Lipinski definition) is 13. The minimum absolute atomic E-state index is 0.117. The van der Waals surface area contributed by atoms with E-state index in [4.69, 9.17) is 40.9 Å². The van der Waals surface area contributed by atoms with Crippen LogP contribution in [0.3, 0.4) is 0 Å². The van der Waals surface area contributed by atoms with Gasteiger partial charge in [0.25, 0.3) is 0 Å². The lowest BCUT2D eigenvalue weighted by molar-refractivity contribution is 0.122. The Morgan fingerprint density at radius 2 is 0.719 bits per heavy atom. The Morgan fingerprint density at radius 3 is 1.02 bits per heavy atom. The van der Waals surface area contributed by atoms with E-state index in [1.807, 2.05) is 54.6 Å². The number of rotatable bonds is 25. The molecule has 17 heteroatoms. The maximum absolute atomic E-state index is 14.3. The van der Waals surface area contributed by atoms with Crippen molar-refractivity contribution < 1.29 is 59.2 Å². The predicted molar refractivity (Wildman–Crippen MR) is 230 cm³/mol. The lowest BCUT2D eigenvalue weighted by atomic mass is 10.2. The molecule has 2 aromatic carbocycles. The Bertz CT molecular complexity index is 1480. The molecule has 0 aliphatic heterocycles. The van der Waals surface area contributed by atoms with Crippen LogP contribution < -0.4 is 4.74 Å². The molecule has 0 aliphatic rings. The summed E-state index contributed by atoms with van der Waals surface area (Å²) in [5.74, 6) is 0.312. The third kappa shape index (κ3) is 21.8. The average molecular weight is 885 g/mol. The minimum Gasteiger partial charge on any atom is -0.489 e. The van der Waals surface area contributed by atoms with Gasteiger partial charge in [0.15, 0.2) is 11.3 Å². The highest BCUT2D eigenvalue weighted by atomic mass is 31.2. The van der Waals surface area contributed by atoms with E-state index in [9.17, 15) is 18.3 Å². The number of benzene rings is 2. The molecule has 0 atom stereocenters. The van der Waals surface area contributed by atoms with Crippen molar-refractivity contribution in [3.63, 3.8) is 0 Å². The summed E-state index contributed by atoms with van der Waals surface area (Å²) in [6.07, 6.45) is -2.83. The van der Waals surface area contributed by atoms with Gasteiger partial charge < -0.3 is 40.9 Å². The van der Waals surface area contributed by atoms with E-state index in [-0.39, 0.29) is 36.7 Å². The van der Waals surface area contributed by atoms with Crippen LogP contribution in [0.15, 0.2) is 54.6 Å². The molecule has 0 radical (unpaired) electrons. The molecule has 0 aliphatic carbocycles. The van der Waals surface area contributed by atoms with Gasteiger partial charge >= 0.3 is 30.4 Å². The molecule has 0 unspecified atom stereocenters. The molecule has 2 aromatic rings. The molecular weight excluding hydrogens is 812 g/mol. The molecule has 330 valence electrons. The summed E-state index contributed by atoms with van der Waals surface area (Å²) in [5, 5.41) is -1.14. The molecule has 0 bridgehead atoms. The van der Waals surface area contributed by atoms with Gasteiger partial charge in [-0.15, -0.1) is 0 Å². The summed E-state index contributed by atoms with van der Waals surface area (Å²) in [5.41, 5.74) is 1.85. The fourth-order valence-corrected chi connectivity index (χ4v) is 16.6. The lowest BCUT2D eigenvalue weighted by Gasteiger charge is -2.35. The van der Waals surface area contributed by atoms with Crippen LogP contribution in [0.1, 0.15) is 122 Å². The molecule has 0 aromatic heterocycles. The van der Waals surface area contributed by atoms with Gasteiger partial charge in [-0.05, 0) is 140 Å². The Kier molecular flexibility index (Phi) is 23.6. The van der Waals surface area contributed by atoms with Gasteiger partial charge in [-0.3, -0.25) is 18.3 Å². The molecule has 2 rings (SSSR count). The molecule has 0 amide bonds. The quantitative estimate of drug-likeness (QED) is 0.0871. The van der Waals surface area contributed by atoms with Crippen molar-refractivity contribution in [1.29, 1.82) is 0 Å². The van der Waals surface area contributed by atoms with Crippen LogP contribution in [0.2, 0.25) is 0 Å². The maximum atomic E-state index is 14.3. The maximum Gasteiger partial charge on any atom is 0.346 e. The van der Waals surface area contributed by atoms with Gasteiger partial charge in [0, 0.05) is 0 Å². The highest BCUT2D eigenvalue weighted by molar-refractivity contribution is 7.73. The summed E-state index contributed by atoms with van der Waals surface area (Å²) in [6.45, 7) is 28.5. The molecule has 13 nitrogen and oxygen atoms in total. The first-order chi connectivity index (χ1) is 26.2. The third-order valence-corrected chi connectivity index (χ3v) is 18.7. The van der Waals surface area contributed by atoms with Crippen molar-refractivity contribution in [1.82, 2.24) is 0 Å². The van der Waals surface area contributed by atoms with Crippen molar-refractivity contribution >= 4 is 30.4 Å². The van der Waals surface area contributed by atoms with Crippen LogP contribution in [0.5, 0.6) is 5.75 Å². The van der Waals surface area contributed by atoms with Crippen LogP contribution in [-0.4, -0.2) is 60.1 Å². The van der Waals surface area contributed by atoms with Crippen molar-refractivity contribution in [2.75, 3.05) is 5.90 Å². The summed E-state index contributed by atoms with van der Waals surface area (Å²) >= 11 is 0. The smallest absolute Gasteiger partial charge is 0.346 e. The lowest BCUT2D eigenvalue weighted by Crippen LogP contribution is -2.25. The molecule has 0 spiro atoms. The SMILES string of the molecule is CC(C)OP(=O)(CP(=O)(OC(C)C)OC(C)C)OC(C)C.CC(C)OP(=O)(OC(C)C)C(Cc1ccc(OCc2ccccc2)cc1)P(=O)(OC(C)C)OC(C)C. The van der Waals surface area contributed by atoms with Crippen LogP contribution in [0, 0.1) is 0 Å². The molecule has 0 saturated carbocycles. The Balaban J connectivity index is 0.000000660. The van der Waals surface area contributed by atoms with Gasteiger partial charge in [0.05, 0.1) is 48.8 Å². The normalized spacial score (nSPS) is 13.3. The van der Waals surface area contributed by atoms with E-state index < -0.39 is 60.2 Å². The zero-order valence-electron chi connectivity index (χ0n) is 37.1. The number of hydrogen-bond donors (Lipinski definition) is 0. The second kappa shape index (κ2) is 24.9. The average Bonchev–Trinajstić information content (AvgIpc) is 3.00. The van der Waals surface area contributed by atoms with Crippen LogP contribution in [0.25, 0.3) is 0 Å². The fraction of sp³-hybridized carbons (Fsp3) is 0.700. The molecule has 57 heavy (non-hydrogen) atoms.